The lowest BCUT2D eigenvalue weighted by atomic mass is 10.1. The van der Waals surface area contributed by atoms with Crippen molar-refractivity contribution in [2.24, 2.45) is 10.9 Å². The van der Waals surface area contributed by atoms with Crippen molar-refractivity contribution in [3.63, 3.8) is 0 Å². The van der Waals surface area contributed by atoms with Crippen LogP contribution in [0.25, 0.3) is 0 Å². The van der Waals surface area contributed by atoms with Crippen LogP contribution in [-0.4, -0.2) is 37.3 Å². The molecule has 2 N–H and O–H groups in total. The van der Waals surface area contributed by atoms with E-state index in [1.807, 2.05) is 6.20 Å². The Morgan fingerprint density at radius 2 is 2.13 bits per heavy atom. The minimum Gasteiger partial charge on any atom is -0.488 e. The number of thiazole rings is 1. The van der Waals surface area contributed by atoms with E-state index in [0.29, 0.717) is 25.6 Å². The molecule has 1 fully saturated rings. The Morgan fingerprint density at radius 1 is 1.33 bits per heavy atom. The lowest BCUT2D eigenvalue weighted by Gasteiger charge is -2.18. The van der Waals surface area contributed by atoms with Crippen molar-refractivity contribution in [3.8, 4) is 5.75 Å². The van der Waals surface area contributed by atoms with Crippen molar-refractivity contribution in [2.75, 3.05) is 20.3 Å². The highest BCUT2D eigenvalue weighted by molar-refractivity contribution is 14.0. The van der Waals surface area contributed by atoms with Gasteiger partial charge >= 0.3 is 0 Å². The molecule has 1 aliphatic heterocycles. The van der Waals surface area contributed by atoms with Gasteiger partial charge in [-0.05, 0) is 24.5 Å². The number of hydrogen-bond acceptors (Lipinski definition) is 5. The monoisotopic (exact) mass is 544 g/mol. The molecular formula is C22H33IN4O2S. The average Bonchev–Trinajstić information content (AvgIpc) is 3.35. The van der Waals surface area contributed by atoms with Crippen molar-refractivity contribution < 1.29 is 9.47 Å². The highest BCUT2D eigenvalue weighted by Gasteiger charge is 2.18. The number of rotatable bonds is 8. The van der Waals surface area contributed by atoms with Crippen molar-refractivity contribution in [1.29, 1.82) is 0 Å². The Balaban J connectivity index is 0.00000320. The van der Waals surface area contributed by atoms with Gasteiger partial charge in [0.1, 0.15) is 11.9 Å². The Kier molecular flexibility index (Phi) is 10.3. The zero-order valence-corrected chi connectivity index (χ0v) is 21.4. The van der Waals surface area contributed by atoms with E-state index < -0.39 is 0 Å². The quantitative estimate of drug-likeness (QED) is 0.295. The SMILES string of the molecule is CN=C(NCc1cnc(CC(C)C)s1)NCc1ccc(C)cc1OC1CCOC1.I. The molecule has 30 heavy (non-hydrogen) atoms. The van der Waals surface area contributed by atoms with E-state index >= 15 is 0 Å². The van der Waals surface area contributed by atoms with Gasteiger partial charge in [0.05, 0.1) is 24.8 Å². The van der Waals surface area contributed by atoms with Gasteiger partial charge in [0, 0.05) is 43.1 Å². The summed E-state index contributed by atoms with van der Waals surface area (Å²) in [7, 11) is 1.79. The molecule has 0 bridgehead atoms. The first-order chi connectivity index (χ1) is 14.0. The maximum atomic E-state index is 6.18. The second kappa shape index (κ2) is 12.5. The van der Waals surface area contributed by atoms with Crippen LogP contribution in [0.1, 0.15) is 41.3 Å². The van der Waals surface area contributed by atoms with Gasteiger partial charge in [0.25, 0.3) is 0 Å². The zero-order valence-electron chi connectivity index (χ0n) is 18.2. The first kappa shape index (κ1) is 24.9. The fourth-order valence-corrected chi connectivity index (χ4v) is 4.22. The van der Waals surface area contributed by atoms with Crippen molar-refractivity contribution >= 4 is 41.3 Å². The molecule has 1 atom stereocenters. The number of nitrogens with zero attached hydrogens (tertiary/aromatic N) is 2. The van der Waals surface area contributed by atoms with E-state index in [-0.39, 0.29) is 30.1 Å². The van der Waals surface area contributed by atoms with Crippen molar-refractivity contribution in [3.05, 3.63) is 45.4 Å². The van der Waals surface area contributed by atoms with Crippen LogP contribution in [0.3, 0.4) is 0 Å². The van der Waals surface area contributed by atoms with E-state index in [0.717, 1.165) is 36.7 Å². The Bertz CT molecular complexity index is 819. The lowest BCUT2D eigenvalue weighted by molar-refractivity contribution is 0.140. The summed E-state index contributed by atoms with van der Waals surface area (Å²) in [5, 5.41) is 7.96. The molecule has 8 heteroatoms. The van der Waals surface area contributed by atoms with Crippen molar-refractivity contribution in [1.82, 2.24) is 15.6 Å². The van der Waals surface area contributed by atoms with Gasteiger partial charge in [-0.3, -0.25) is 4.99 Å². The van der Waals surface area contributed by atoms with Crippen LogP contribution in [0.4, 0.5) is 0 Å². The minimum atomic E-state index is 0. The molecule has 0 amide bonds. The van der Waals surface area contributed by atoms with E-state index in [9.17, 15) is 0 Å². The first-order valence-corrected chi connectivity index (χ1v) is 11.1. The Labute approximate surface area is 200 Å². The second-order valence-electron chi connectivity index (χ2n) is 7.81. The standard InChI is InChI=1S/C22H32N4O2S.HI/c1-15(2)9-21-24-12-19(29-21)13-26-22(23-4)25-11-17-6-5-16(3)10-20(17)28-18-7-8-27-14-18;/h5-6,10,12,15,18H,7-9,11,13-14H2,1-4H3,(H2,23,25,26);1H. The van der Waals surface area contributed by atoms with E-state index in [4.69, 9.17) is 9.47 Å². The molecule has 1 aromatic carbocycles. The smallest absolute Gasteiger partial charge is 0.191 e. The number of aryl methyl sites for hydroxylation is 1. The molecule has 0 spiro atoms. The normalized spacial score (nSPS) is 16.4. The Morgan fingerprint density at radius 3 is 2.83 bits per heavy atom. The molecule has 0 aliphatic carbocycles. The van der Waals surface area contributed by atoms with Gasteiger partial charge in [-0.15, -0.1) is 35.3 Å². The van der Waals surface area contributed by atoms with Gasteiger partial charge in [0.15, 0.2) is 5.96 Å². The van der Waals surface area contributed by atoms with Gasteiger partial charge in [-0.2, -0.15) is 0 Å². The number of aliphatic imine (C=N–C) groups is 1. The molecule has 166 valence electrons. The van der Waals surface area contributed by atoms with Gasteiger partial charge in [-0.25, -0.2) is 4.98 Å². The highest BCUT2D eigenvalue weighted by atomic mass is 127. The number of nitrogens with one attached hydrogen (secondary N) is 2. The molecule has 1 unspecified atom stereocenters. The molecule has 1 aromatic heterocycles. The summed E-state index contributed by atoms with van der Waals surface area (Å²) in [5.74, 6) is 2.31. The highest BCUT2D eigenvalue weighted by Crippen LogP contribution is 2.24. The average molecular weight is 545 g/mol. The third kappa shape index (κ3) is 7.70. The molecule has 3 rings (SSSR count). The van der Waals surface area contributed by atoms with E-state index in [2.05, 4.69) is 59.6 Å². The van der Waals surface area contributed by atoms with Crippen LogP contribution in [0.2, 0.25) is 0 Å². The summed E-state index contributed by atoms with van der Waals surface area (Å²) in [5.41, 5.74) is 2.30. The zero-order chi connectivity index (χ0) is 20.6. The van der Waals surface area contributed by atoms with Crippen LogP contribution in [0, 0.1) is 12.8 Å². The summed E-state index contributed by atoms with van der Waals surface area (Å²) in [4.78, 5) is 10.1. The van der Waals surface area contributed by atoms with Crippen LogP contribution in [0.15, 0.2) is 29.4 Å². The molecule has 0 saturated carbocycles. The molecule has 6 nitrogen and oxygen atoms in total. The van der Waals surface area contributed by atoms with Crippen LogP contribution in [-0.2, 0) is 24.2 Å². The molecular weight excluding hydrogens is 511 g/mol. The number of benzene rings is 1. The number of ether oxygens (including phenoxy) is 2. The summed E-state index contributed by atoms with van der Waals surface area (Å²) < 4.78 is 11.6. The van der Waals surface area contributed by atoms with Crippen molar-refractivity contribution in [2.45, 2.75) is 52.8 Å². The molecule has 0 radical (unpaired) electrons. The molecule has 2 heterocycles. The largest absolute Gasteiger partial charge is 0.488 e. The topological polar surface area (TPSA) is 67.8 Å². The number of hydrogen-bond donors (Lipinski definition) is 2. The predicted molar refractivity (Wildman–Crippen MR) is 134 cm³/mol. The maximum absolute atomic E-state index is 6.18. The lowest BCUT2D eigenvalue weighted by Crippen LogP contribution is -2.36. The van der Waals surface area contributed by atoms with Crippen LogP contribution in [0.5, 0.6) is 5.75 Å². The fraction of sp³-hybridized carbons (Fsp3) is 0.545. The fourth-order valence-electron chi connectivity index (χ4n) is 3.15. The molecule has 1 saturated heterocycles. The van der Waals surface area contributed by atoms with Crippen LogP contribution >= 0.6 is 35.3 Å². The minimum absolute atomic E-state index is 0. The third-order valence-electron chi connectivity index (χ3n) is 4.69. The summed E-state index contributed by atoms with van der Waals surface area (Å²) in [6, 6.07) is 6.32. The van der Waals surface area contributed by atoms with Gasteiger partial charge < -0.3 is 20.1 Å². The maximum Gasteiger partial charge on any atom is 0.191 e. The Hall–Kier alpha value is -1.39. The van der Waals surface area contributed by atoms with E-state index in [1.165, 1.54) is 15.4 Å². The van der Waals surface area contributed by atoms with Crippen LogP contribution < -0.4 is 15.4 Å². The van der Waals surface area contributed by atoms with Gasteiger partial charge in [-0.1, -0.05) is 26.0 Å². The molecule has 1 aliphatic rings. The third-order valence-corrected chi connectivity index (χ3v) is 5.71. The summed E-state index contributed by atoms with van der Waals surface area (Å²) >= 11 is 1.76. The second-order valence-corrected chi connectivity index (χ2v) is 9.01. The summed E-state index contributed by atoms with van der Waals surface area (Å²) in [6.07, 6.45) is 4.06. The van der Waals surface area contributed by atoms with E-state index in [1.54, 1.807) is 18.4 Å². The molecule has 2 aromatic rings. The van der Waals surface area contributed by atoms with Gasteiger partial charge in [0.2, 0.25) is 0 Å². The summed E-state index contributed by atoms with van der Waals surface area (Å²) in [6.45, 7) is 9.31. The number of aromatic nitrogens is 1. The first-order valence-electron chi connectivity index (χ1n) is 10.3. The number of halogens is 1. The number of guanidine groups is 1. The predicted octanol–water partition coefficient (Wildman–Crippen LogP) is 4.30.